The van der Waals surface area contributed by atoms with Crippen molar-refractivity contribution in [2.75, 3.05) is 0 Å². The summed E-state index contributed by atoms with van der Waals surface area (Å²) in [5.41, 5.74) is 28.8. The monoisotopic (exact) mass is 1570 g/mol. The minimum absolute atomic E-state index is 1.15. The van der Waals surface area contributed by atoms with Crippen LogP contribution in [0.4, 0.5) is 0 Å². The molecule has 0 atom stereocenters. The van der Waals surface area contributed by atoms with Crippen LogP contribution < -0.4 is 0 Å². The van der Waals surface area contributed by atoms with Gasteiger partial charge in [-0.05, 0) is 265 Å². The molecule has 0 saturated heterocycles. The number of fused-ring (bicyclic) bond motifs is 24. The fourth-order valence-corrected chi connectivity index (χ4v) is 20.4. The third-order valence-electron chi connectivity index (χ3n) is 26.2. The van der Waals surface area contributed by atoms with E-state index in [2.05, 4.69) is 479 Å². The first kappa shape index (κ1) is 70.6. The van der Waals surface area contributed by atoms with E-state index >= 15 is 0 Å². The van der Waals surface area contributed by atoms with E-state index in [1.165, 1.54) is 219 Å². The van der Waals surface area contributed by atoms with E-state index in [0.717, 1.165) is 22.7 Å². The van der Waals surface area contributed by atoms with Crippen molar-refractivity contribution in [3.8, 4) is 89.5 Å². The van der Waals surface area contributed by atoms with Gasteiger partial charge in [0.05, 0.1) is 44.1 Å². The number of aromatic nitrogens is 4. The predicted molar refractivity (Wildman–Crippen MR) is 528 cm³/mol. The summed E-state index contributed by atoms with van der Waals surface area (Å²) < 4.78 is 9.64. The number of rotatable bonds is 10. The topological polar surface area (TPSA) is 19.7 Å². The highest BCUT2D eigenvalue weighted by molar-refractivity contribution is 6.28. The number of benzene rings is 22. The Hall–Kier alpha value is -16.4. The highest BCUT2D eigenvalue weighted by Crippen LogP contribution is 2.46. The molecule has 0 aliphatic carbocycles. The summed E-state index contributed by atoms with van der Waals surface area (Å²) in [4.78, 5) is 0. The summed E-state index contributed by atoms with van der Waals surface area (Å²) in [6.07, 6.45) is 0. The van der Waals surface area contributed by atoms with Gasteiger partial charge < -0.3 is 18.3 Å². The SMILES string of the molecule is c1ccc(-c2ccc(-n3c4ccccc4c4cc(-c5ccc6c(c5)c5ccccc5n6-c5ccc(-c6ccc7c8ccccc8c8ccccc8c7c6)cc5)ccc43)cc2)cc1.c1ccc(-c2ccc(-n3c4ccccc4c4cc(-c5ccc6c(c5)c5ccccc5n6-c5cccc(-c6ccc7c8ccccc8c8ccccc8c7c6)c5)ccc43)cc2)cc1. The molecule has 0 fully saturated rings. The van der Waals surface area contributed by atoms with Crippen molar-refractivity contribution in [3.63, 3.8) is 0 Å². The van der Waals surface area contributed by atoms with Crippen LogP contribution in [0.25, 0.3) is 241 Å². The number of hydrogen-bond acceptors (Lipinski definition) is 0. The van der Waals surface area contributed by atoms with Crippen LogP contribution in [0.1, 0.15) is 0 Å². The maximum Gasteiger partial charge on any atom is 0.0541 e. The van der Waals surface area contributed by atoms with Crippen LogP contribution >= 0.6 is 0 Å². The van der Waals surface area contributed by atoms with E-state index in [1.807, 2.05) is 0 Å². The van der Waals surface area contributed by atoms with Crippen LogP contribution in [0.15, 0.2) is 461 Å². The Kier molecular flexibility index (Phi) is 16.3. The normalized spacial score (nSPS) is 11.9. The first-order valence-electron chi connectivity index (χ1n) is 42.8. The molecule has 0 aliphatic heterocycles. The third kappa shape index (κ3) is 11.5. The van der Waals surface area contributed by atoms with Crippen molar-refractivity contribution in [1.29, 1.82) is 0 Å². The summed E-state index contributed by atoms with van der Waals surface area (Å²) in [7, 11) is 0. The van der Waals surface area contributed by atoms with Gasteiger partial charge in [0.25, 0.3) is 0 Å². The van der Waals surface area contributed by atoms with E-state index in [9.17, 15) is 0 Å². The molecule has 0 aliphatic rings. The van der Waals surface area contributed by atoms with Crippen molar-refractivity contribution in [2.24, 2.45) is 0 Å². The molecule has 26 rings (SSSR count). The Bertz CT molecular complexity index is 8750. The van der Waals surface area contributed by atoms with Crippen LogP contribution in [-0.4, -0.2) is 18.3 Å². The molecule has 0 saturated carbocycles. The van der Waals surface area contributed by atoms with Crippen molar-refractivity contribution in [2.45, 2.75) is 0 Å². The molecule has 0 radical (unpaired) electrons. The molecule has 4 nitrogen and oxygen atoms in total. The molecule has 0 bridgehead atoms. The van der Waals surface area contributed by atoms with E-state index in [-0.39, 0.29) is 0 Å². The second-order valence-electron chi connectivity index (χ2n) is 33.0. The van der Waals surface area contributed by atoms with Gasteiger partial charge >= 0.3 is 0 Å². The number of para-hydroxylation sites is 4. The summed E-state index contributed by atoms with van der Waals surface area (Å²) in [5.74, 6) is 0. The first-order chi connectivity index (χ1) is 61.5. The number of hydrogen-bond donors (Lipinski definition) is 0. The molecule has 0 unspecified atom stereocenters. The van der Waals surface area contributed by atoms with Crippen LogP contribution in [-0.2, 0) is 0 Å². The molecule has 4 aromatic heterocycles. The summed E-state index contributed by atoms with van der Waals surface area (Å²) >= 11 is 0. The van der Waals surface area contributed by atoms with Crippen LogP contribution in [0, 0.1) is 0 Å². The molecule has 4 heteroatoms. The zero-order chi connectivity index (χ0) is 81.5. The largest absolute Gasteiger partial charge is 0.309 e. The van der Waals surface area contributed by atoms with Gasteiger partial charge in [0.15, 0.2) is 0 Å². The lowest BCUT2D eigenvalue weighted by Gasteiger charge is -2.13. The minimum atomic E-state index is 1.15. The third-order valence-corrected chi connectivity index (χ3v) is 26.2. The van der Waals surface area contributed by atoms with Crippen LogP contribution in [0.5, 0.6) is 0 Å². The van der Waals surface area contributed by atoms with Crippen molar-refractivity contribution < 1.29 is 0 Å². The van der Waals surface area contributed by atoms with Crippen molar-refractivity contribution >= 4 is 152 Å². The van der Waals surface area contributed by atoms with Crippen molar-refractivity contribution in [3.05, 3.63) is 461 Å². The van der Waals surface area contributed by atoms with Gasteiger partial charge in [-0.2, -0.15) is 0 Å². The Morgan fingerprint density at radius 1 is 0.0887 bits per heavy atom. The molecule has 22 aromatic carbocycles. The standard InChI is InChI=1S/2C60H38N2/c1-2-13-39(14-3-1)40-25-30-45(31-26-40)61-57-23-10-8-21-52(57)55-37-43(28-33-59(55)61)44-29-34-60-56(38-44)53-22-9-11-24-58(53)62(60)46-16-12-15-41(35-46)42-27-32-51-49-19-5-4-17-47(49)48-18-6-7-20-50(48)54(51)36-42;1-2-12-39(13-3-1)40-22-29-45(30-23-40)61-57-20-10-8-18-52(57)55-37-43(27-34-59(55)61)44-28-35-60-56(38-44)53-19-9-11-21-58(53)62(60)46-31-24-41(25-32-46)42-26-33-51-49-16-5-4-14-47(49)48-15-6-7-17-50(48)54(51)36-42/h2*1-38H. The van der Waals surface area contributed by atoms with Crippen molar-refractivity contribution in [1.82, 2.24) is 18.3 Å². The highest BCUT2D eigenvalue weighted by Gasteiger charge is 2.22. The zero-order valence-electron chi connectivity index (χ0n) is 67.7. The number of nitrogens with zero attached hydrogens (tertiary/aromatic N) is 4. The zero-order valence-corrected chi connectivity index (χ0v) is 67.7. The first-order valence-corrected chi connectivity index (χ1v) is 42.8. The van der Waals surface area contributed by atoms with Gasteiger partial charge in [-0.1, -0.05) is 328 Å². The molecule has 0 spiro atoms. The van der Waals surface area contributed by atoms with Crippen LogP contribution in [0.2, 0.25) is 0 Å². The summed E-state index contributed by atoms with van der Waals surface area (Å²) in [6, 6.07) is 169. The van der Waals surface area contributed by atoms with Crippen LogP contribution in [0.3, 0.4) is 0 Å². The summed E-state index contributed by atoms with van der Waals surface area (Å²) in [6.45, 7) is 0. The maximum absolute atomic E-state index is 2.43. The molecule has 0 N–H and O–H groups in total. The minimum Gasteiger partial charge on any atom is -0.309 e. The molecular formula is C120H76N4. The molecule has 0 amide bonds. The average molecular weight is 1570 g/mol. The lowest BCUT2D eigenvalue weighted by molar-refractivity contribution is 1.18. The van der Waals surface area contributed by atoms with E-state index in [0.29, 0.717) is 0 Å². The highest BCUT2D eigenvalue weighted by atomic mass is 15.0. The average Bonchev–Trinajstić information content (AvgIpc) is 1.51. The van der Waals surface area contributed by atoms with E-state index in [1.54, 1.807) is 0 Å². The predicted octanol–water partition coefficient (Wildman–Crippen LogP) is 32.7. The van der Waals surface area contributed by atoms with Gasteiger partial charge in [0.2, 0.25) is 0 Å². The lowest BCUT2D eigenvalue weighted by atomic mass is 9.92. The van der Waals surface area contributed by atoms with Gasteiger partial charge in [-0.3, -0.25) is 0 Å². The smallest absolute Gasteiger partial charge is 0.0541 e. The Morgan fingerprint density at radius 2 is 0.274 bits per heavy atom. The quantitative estimate of drug-likeness (QED) is 0.122. The molecule has 26 aromatic rings. The second kappa shape index (κ2) is 28.7. The second-order valence-corrected chi connectivity index (χ2v) is 33.0. The summed E-state index contributed by atoms with van der Waals surface area (Å²) in [5, 5.41) is 25.5. The Morgan fingerprint density at radius 3 is 0.581 bits per heavy atom. The van der Waals surface area contributed by atoms with Gasteiger partial charge in [0, 0.05) is 65.8 Å². The Labute approximate surface area is 715 Å². The van der Waals surface area contributed by atoms with E-state index in [4.69, 9.17) is 0 Å². The fraction of sp³-hybridized carbons (Fsp3) is 0. The molecule has 124 heavy (non-hydrogen) atoms. The Balaban J connectivity index is 0.000000136. The fourth-order valence-electron chi connectivity index (χ4n) is 20.4. The van der Waals surface area contributed by atoms with E-state index < -0.39 is 0 Å². The molecular weight excluding hydrogens is 1500 g/mol. The maximum atomic E-state index is 2.43. The molecule has 576 valence electrons. The van der Waals surface area contributed by atoms with Gasteiger partial charge in [-0.25, -0.2) is 0 Å². The lowest BCUT2D eigenvalue weighted by Crippen LogP contribution is -1.94. The van der Waals surface area contributed by atoms with Gasteiger partial charge in [0.1, 0.15) is 0 Å². The van der Waals surface area contributed by atoms with Gasteiger partial charge in [-0.15, -0.1) is 0 Å². The molecule has 4 heterocycles.